The van der Waals surface area contributed by atoms with Crippen LogP contribution < -0.4 is 4.90 Å². The van der Waals surface area contributed by atoms with Crippen LogP contribution in [0, 0.1) is 0 Å². The molecule has 0 aliphatic carbocycles. The number of anilines is 3. The van der Waals surface area contributed by atoms with Crippen LogP contribution in [0.4, 0.5) is 17.1 Å². The SMILES string of the molecule is c1ccc(-c2ccc(N(c3ccc(-c4ccc(-c5ccccc5)c(-c5cccc6c5oc5ccccc56)c4)cc3)c3ccccc3-c3ccccc3)cc2)cc1. The van der Waals surface area contributed by atoms with Crippen molar-refractivity contribution in [3.05, 3.63) is 224 Å². The zero-order valence-corrected chi connectivity index (χ0v) is 30.7. The molecule has 0 atom stereocenters. The number of hydrogen-bond acceptors (Lipinski definition) is 2. The zero-order chi connectivity index (χ0) is 37.3. The second kappa shape index (κ2) is 14.4. The van der Waals surface area contributed by atoms with E-state index in [1.807, 2.05) is 12.1 Å². The van der Waals surface area contributed by atoms with Gasteiger partial charge in [0.2, 0.25) is 0 Å². The van der Waals surface area contributed by atoms with Crippen molar-refractivity contribution in [2.45, 2.75) is 0 Å². The molecule has 56 heavy (non-hydrogen) atoms. The first-order chi connectivity index (χ1) is 27.8. The molecule has 0 radical (unpaired) electrons. The fourth-order valence-electron chi connectivity index (χ4n) is 7.97. The standard InChI is InChI=1S/C54H37NO/c1-4-15-38(16-5-1)39-27-32-44(33-28-39)55(52-25-12-10-21-47(52)42-19-8-3-9-20-42)45-34-29-40(30-35-45)43-31-36-46(41-17-6-2-7-18-41)51(37-43)50-24-14-23-49-48-22-11-13-26-53(48)56-54(49)50/h1-37H. The van der Waals surface area contributed by atoms with Crippen LogP contribution in [0.3, 0.4) is 0 Å². The van der Waals surface area contributed by atoms with Crippen molar-refractivity contribution in [1.82, 2.24) is 0 Å². The van der Waals surface area contributed by atoms with Gasteiger partial charge in [-0.05, 0) is 87.0 Å². The molecular weight excluding hydrogens is 679 g/mol. The highest BCUT2D eigenvalue weighted by Crippen LogP contribution is 2.44. The molecule has 0 fully saturated rings. The third kappa shape index (κ3) is 6.14. The Balaban J connectivity index is 1.09. The molecule has 0 bridgehead atoms. The van der Waals surface area contributed by atoms with Crippen LogP contribution in [-0.2, 0) is 0 Å². The fraction of sp³-hybridized carbons (Fsp3) is 0. The predicted octanol–water partition coefficient (Wildman–Crippen LogP) is 15.4. The van der Waals surface area contributed by atoms with Crippen molar-refractivity contribution in [3.63, 3.8) is 0 Å². The maximum absolute atomic E-state index is 6.57. The first-order valence-corrected chi connectivity index (χ1v) is 19.1. The normalized spacial score (nSPS) is 11.2. The van der Waals surface area contributed by atoms with E-state index in [9.17, 15) is 0 Å². The Morgan fingerprint density at radius 3 is 1.45 bits per heavy atom. The molecule has 2 nitrogen and oxygen atoms in total. The van der Waals surface area contributed by atoms with Crippen LogP contribution in [0.25, 0.3) is 77.6 Å². The van der Waals surface area contributed by atoms with Gasteiger partial charge >= 0.3 is 0 Å². The maximum atomic E-state index is 6.57. The molecule has 0 unspecified atom stereocenters. The molecule has 2 heteroatoms. The quantitative estimate of drug-likeness (QED) is 0.156. The summed E-state index contributed by atoms with van der Waals surface area (Å²) in [6.45, 7) is 0. The lowest BCUT2D eigenvalue weighted by Crippen LogP contribution is -2.11. The molecule has 10 rings (SSSR count). The fourth-order valence-corrected chi connectivity index (χ4v) is 7.97. The number of nitrogens with zero attached hydrogens (tertiary/aromatic N) is 1. The lowest BCUT2D eigenvalue weighted by atomic mass is 9.90. The van der Waals surface area contributed by atoms with E-state index in [0.29, 0.717) is 0 Å². The highest BCUT2D eigenvalue weighted by atomic mass is 16.3. The lowest BCUT2D eigenvalue weighted by Gasteiger charge is -2.28. The second-order valence-electron chi connectivity index (χ2n) is 14.1. The summed E-state index contributed by atoms with van der Waals surface area (Å²) in [5.74, 6) is 0. The molecule has 1 heterocycles. The average Bonchev–Trinajstić information content (AvgIpc) is 3.67. The third-order valence-corrected chi connectivity index (χ3v) is 10.7. The number of rotatable bonds is 8. The van der Waals surface area contributed by atoms with Crippen LogP contribution >= 0.6 is 0 Å². The molecular formula is C54H37NO. The highest BCUT2D eigenvalue weighted by Gasteiger charge is 2.19. The van der Waals surface area contributed by atoms with Gasteiger partial charge in [0.05, 0.1) is 5.69 Å². The number of benzene rings is 9. The summed E-state index contributed by atoms with van der Waals surface area (Å²) in [7, 11) is 0. The molecule has 264 valence electrons. The van der Waals surface area contributed by atoms with Gasteiger partial charge in [-0.1, -0.05) is 182 Å². The van der Waals surface area contributed by atoms with Crippen molar-refractivity contribution in [3.8, 4) is 55.6 Å². The Bertz CT molecular complexity index is 2930. The Hall–Kier alpha value is -7.42. The molecule has 0 N–H and O–H groups in total. The van der Waals surface area contributed by atoms with Crippen LogP contribution in [0.5, 0.6) is 0 Å². The first-order valence-electron chi connectivity index (χ1n) is 19.1. The molecule has 0 spiro atoms. The predicted molar refractivity (Wildman–Crippen MR) is 236 cm³/mol. The van der Waals surface area contributed by atoms with Gasteiger partial charge in [-0.3, -0.25) is 0 Å². The van der Waals surface area contributed by atoms with Crippen molar-refractivity contribution < 1.29 is 4.42 Å². The van der Waals surface area contributed by atoms with E-state index in [-0.39, 0.29) is 0 Å². The molecule has 10 aromatic rings. The Morgan fingerprint density at radius 2 is 0.768 bits per heavy atom. The van der Waals surface area contributed by atoms with Crippen molar-refractivity contribution in [1.29, 1.82) is 0 Å². The van der Waals surface area contributed by atoms with Gasteiger partial charge in [-0.2, -0.15) is 0 Å². The number of furan rings is 1. The molecule has 0 amide bonds. The van der Waals surface area contributed by atoms with Gasteiger partial charge in [0.1, 0.15) is 11.2 Å². The topological polar surface area (TPSA) is 16.4 Å². The summed E-state index contributed by atoms with van der Waals surface area (Å²) >= 11 is 0. The summed E-state index contributed by atoms with van der Waals surface area (Å²) in [4.78, 5) is 2.37. The van der Waals surface area contributed by atoms with Crippen LogP contribution in [-0.4, -0.2) is 0 Å². The lowest BCUT2D eigenvalue weighted by molar-refractivity contribution is 0.670. The van der Waals surface area contributed by atoms with Crippen LogP contribution in [0.2, 0.25) is 0 Å². The average molecular weight is 716 g/mol. The van der Waals surface area contributed by atoms with Gasteiger partial charge in [-0.25, -0.2) is 0 Å². The second-order valence-corrected chi connectivity index (χ2v) is 14.1. The summed E-state index contributed by atoms with van der Waals surface area (Å²) < 4.78 is 6.57. The van der Waals surface area contributed by atoms with E-state index in [4.69, 9.17) is 4.42 Å². The smallest absolute Gasteiger partial charge is 0.143 e. The molecule has 0 aliphatic rings. The Kier molecular flexibility index (Phi) is 8.55. The molecule has 0 saturated heterocycles. The Labute approximate surface area is 327 Å². The summed E-state index contributed by atoms with van der Waals surface area (Å²) in [6, 6.07) is 80.0. The van der Waals surface area contributed by atoms with Crippen molar-refractivity contribution in [2.75, 3.05) is 4.90 Å². The van der Waals surface area contributed by atoms with Gasteiger partial charge in [0.25, 0.3) is 0 Å². The zero-order valence-electron chi connectivity index (χ0n) is 30.7. The molecule has 1 aromatic heterocycles. The minimum absolute atomic E-state index is 0.899. The van der Waals surface area contributed by atoms with E-state index >= 15 is 0 Å². The number of hydrogen-bond donors (Lipinski definition) is 0. The Morgan fingerprint density at radius 1 is 0.286 bits per heavy atom. The maximum Gasteiger partial charge on any atom is 0.143 e. The van der Waals surface area contributed by atoms with Crippen molar-refractivity contribution in [2.24, 2.45) is 0 Å². The van der Waals surface area contributed by atoms with E-state index in [0.717, 1.165) is 61.3 Å². The van der Waals surface area contributed by atoms with Crippen LogP contribution in [0.15, 0.2) is 229 Å². The largest absolute Gasteiger partial charge is 0.455 e. The number of para-hydroxylation sites is 3. The van der Waals surface area contributed by atoms with Gasteiger partial charge in [0.15, 0.2) is 0 Å². The minimum atomic E-state index is 0.899. The van der Waals surface area contributed by atoms with E-state index in [1.54, 1.807) is 0 Å². The summed E-state index contributed by atoms with van der Waals surface area (Å²) in [6.07, 6.45) is 0. The molecule has 9 aromatic carbocycles. The van der Waals surface area contributed by atoms with E-state index < -0.39 is 0 Å². The first kappa shape index (κ1) is 33.2. The van der Waals surface area contributed by atoms with Gasteiger partial charge in [-0.15, -0.1) is 0 Å². The molecule has 0 aliphatic heterocycles. The van der Waals surface area contributed by atoms with E-state index in [1.165, 1.54) is 33.4 Å². The third-order valence-electron chi connectivity index (χ3n) is 10.7. The van der Waals surface area contributed by atoms with Gasteiger partial charge in [0, 0.05) is 33.3 Å². The summed E-state index contributed by atoms with van der Waals surface area (Å²) in [5.41, 5.74) is 16.7. The van der Waals surface area contributed by atoms with Crippen LogP contribution in [0.1, 0.15) is 0 Å². The molecule has 0 saturated carbocycles. The highest BCUT2D eigenvalue weighted by molar-refractivity contribution is 6.11. The van der Waals surface area contributed by atoms with E-state index in [2.05, 4.69) is 217 Å². The van der Waals surface area contributed by atoms with Crippen molar-refractivity contribution >= 4 is 39.0 Å². The summed E-state index contributed by atoms with van der Waals surface area (Å²) in [5, 5.41) is 2.25. The van der Waals surface area contributed by atoms with Gasteiger partial charge < -0.3 is 9.32 Å². The monoisotopic (exact) mass is 715 g/mol. The number of fused-ring (bicyclic) bond motifs is 3. The minimum Gasteiger partial charge on any atom is -0.455 e.